The molecule has 0 rings (SSSR count). The highest BCUT2D eigenvalue weighted by Crippen LogP contribution is 2.03. The van der Waals surface area contributed by atoms with Gasteiger partial charge in [0.1, 0.15) is 0 Å². The average molecular weight is 283 g/mol. The van der Waals surface area contributed by atoms with E-state index in [9.17, 15) is 0 Å². The van der Waals surface area contributed by atoms with Crippen LogP contribution in [0.2, 0.25) is 0 Å². The van der Waals surface area contributed by atoms with E-state index in [1.54, 1.807) is 0 Å². The molecule has 19 heavy (non-hydrogen) atoms. The lowest BCUT2D eigenvalue weighted by Gasteiger charge is -1.92. The van der Waals surface area contributed by atoms with Crippen LogP contribution in [0.25, 0.3) is 0 Å². The molecule has 0 heterocycles. The van der Waals surface area contributed by atoms with Gasteiger partial charge in [-0.25, -0.2) is 0 Å². The second-order valence-electron chi connectivity index (χ2n) is 4.92. The van der Waals surface area contributed by atoms with Crippen LogP contribution in [0.15, 0.2) is 36.5 Å². The molecule has 0 N–H and O–H groups in total. The average Bonchev–Trinajstić information content (AvgIpc) is 2.43. The lowest BCUT2D eigenvalue weighted by molar-refractivity contribution is 0.728. The first kappa shape index (κ1) is 18.5. The molecule has 1 heteroatoms. The van der Waals surface area contributed by atoms with E-state index >= 15 is 0 Å². The summed E-state index contributed by atoms with van der Waals surface area (Å²) in [5.74, 6) is 0.804. The van der Waals surface area contributed by atoms with Crippen molar-refractivity contribution in [3.63, 3.8) is 0 Å². The quantitative estimate of drug-likeness (QED) is 0.198. The minimum Gasteiger partial charge on any atom is -0.127 e. The lowest BCUT2D eigenvalue weighted by Crippen LogP contribution is -1.76. The van der Waals surface area contributed by atoms with Gasteiger partial charge >= 0.3 is 0 Å². The molecule has 0 nitrogen and oxygen atoms in total. The van der Waals surface area contributed by atoms with Gasteiger partial charge < -0.3 is 0 Å². The van der Waals surface area contributed by atoms with Crippen LogP contribution in [0.5, 0.6) is 0 Å². The molecule has 0 spiro atoms. The van der Waals surface area contributed by atoms with Crippen LogP contribution in [0.1, 0.15) is 71.1 Å². The van der Waals surface area contributed by atoms with Gasteiger partial charge in [0.05, 0.1) is 0 Å². The summed E-state index contributed by atoms with van der Waals surface area (Å²) in [5.41, 5.74) is 0. The maximum atomic E-state index is 5.63. The standard InChI is InChI=1S/C18H31Cl/c1-2-3-4-5-6-7-8-9-10-11-12-13-14-15-16-17-18-19/h6-7,9-10,12-13H,2-5,8,11,14-18H2,1H3. The molecule has 0 atom stereocenters. The van der Waals surface area contributed by atoms with Crippen LogP contribution in [0.4, 0.5) is 0 Å². The summed E-state index contributed by atoms with van der Waals surface area (Å²) < 4.78 is 0. The van der Waals surface area contributed by atoms with Gasteiger partial charge in [0.15, 0.2) is 0 Å². The fourth-order valence-corrected chi connectivity index (χ4v) is 2.01. The first-order valence-corrected chi connectivity index (χ1v) is 8.46. The monoisotopic (exact) mass is 282 g/mol. The van der Waals surface area contributed by atoms with Crippen LogP contribution in [-0.2, 0) is 0 Å². The van der Waals surface area contributed by atoms with E-state index in [4.69, 9.17) is 11.6 Å². The number of alkyl halides is 1. The Balaban J connectivity index is 3.26. The molecule has 0 aromatic rings. The van der Waals surface area contributed by atoms with Crippen molar-refractivity contribution in [1.82, 2.24) is 0 Å². The summed E-state index contributed by atoms with van der Waals surface area (Å²) in [6.07, 6.45) is 25.9. The minimum absolute atomic E-state index is 0.804. The number of hydrogen-bond acceptors (Lipinski definition) is 0. The number of rotatable bonds is 13. The highest BCUT2D eigenvalue weighted by atomic mass is 35.5. The second-order valence-corrected chi connectivity index (χ2v) is 5.30. The smallest absolute Gasteiger partial charge is 0.0223 e. The predicted octanol–water partition coefficient (Wildman–Crippen LogP) is 6.81. The van der Waals surface area contributed by atoms with Crippen molar-refractivity contribution in [2.75, 3.05) is 5.88 Å². The number of unbranched alkanes of at least 4 members (excludes halogenated alkanes) is 6. The van der Waals surface area contributed by atoms with Crippen molar-refractivity contribution in [3.05, 3.63) is 36.5 Å². The van der Waals surface area contributed by atoms with Gasteiger partial charge in [0.25, 0.3) is 0 Å². The molecule has 0 bridgehead atoms. The van der Waals surface area contributed by atoms with Crippen LogP contribution >= 0.6 is 11.6 Å². The molecular weight excluding hydrogens is 252 g/mol. The Morgan fingerprint density at radius 2 is 1.16 bits per heavy atom. The van der Waals surface area contributed by atoms with E-state index in [0.717, 1.165) is 25.1 Å². The molecule has 0 fully saturated rings. The fraction of sp³-hybridized carbons (Fsp3) is 0.667. The van der Waals surface area contributed by atoms with Crippen molar-refractivity contribution >= 4 is 11.6 Å². The molecule has 0 aliphatic carbocycles. The molecule has 0 aliphatic rings. The van der Waals surface area contributed by atoms with E-state index in [0.29, 0.717) is 0 Å². The molecular formula is C18H31Cl. The maximum absolute atomic E-state index is 5.63. The van der Waals surface area contributed by atoms with Gasteiger partial charge in [-0.15, -0.1) is 11.6 Å². The third-order valence-electron chi connectivity index (χ3n) is 3.02. The summed E-state index contributed by atoms with van der Waals surface area (Å²) in [6, 6.07) is 0. The third-order valence-corrected chi connectivity index (χ3v) is 3.29. The summed E-state index contributed by atoms with van der Waals surface area (Å²) in [5, 5.41) is 0. The Morgan fingerprint density at radius 1 is 0.632 bits per heavy atom. The van der Waals surface area contributed by atoms with Crippen molar-refractivity contribution in [2.24, 2.45) is 0 Å². The summed E-state index contributed by atoms with van der Waals surface area (Å²) in [7, 11) is 0. The molecule has 110 valence electrons. The van der Waals surface area contributed by atoms with Gasteiger partial charge in [-0.05, 0) is 44.9 Å². The second kappa shape index (κ2) is 17.5. The molecule has 0 amide bonds. The van der Waals surface area contributed by atoms with Crippen LogP contribution < -0.4 is 0 Å². The van der Waals surface area contributed by atoms with E-state index in [1.165, 1.54) is 44.9 Å². The molecule has 0 aliphatic heterocycles. The highest BCUT2D eigenvalue weighted by Gasteiger charge is 1.84. The number of halogens is 1. The van der Waals surface area contributed by atoms with E-state index in [1.807, 2.05) is 0 Å². The number of allylic oxidation sites excluding steroid dienone is 6. The van der Waals surface area contributed by atoms with Gasteiger partial charge in [0, 0.05) is 5.88 Å². The SMILES string of the molecule is CCCCCC=CCC=CCC=CCCCCCCl. The van der Waals surface area contributed by atoms with Crippen molar-refractivity contribution in [1.29, 1.82) is 0 Å². The van der Waals surface area contributed by atoms with Gasteiger partial charge in [-0.1, -0.05) is 62.6 Å². The molecule has 0 unspecified atom stereocenters. The topological polar surface area (TPSA) is 0 Å². The Morgan fingerprint density at radius 3 is 1.68 bits per heavy atom. The zero-order chi connectivity index (χ0) is 14.0. The Bertz CT molecular complexity index is 238. The maximum Gasteiger partial charge on any atom is 0.0223 e. The van der Waals surface area contributed by atoms with Crippen molar-refractivity contribution in [3.8, 4) is 0 Å². The first-order valence-electron chi connectivity index (χ1n) is 7.92. The molecule has 0 radical (unpaired) electrons. The van der Waals surface area contributed by atoms with Crippen molar-refractivity contribution in [2.45, 2.75) is 71.1 Å². The van der Waals surface area contributed by atoms with Crippen LogP contribution in [-0.4, -0.2) is 5.88 Å². The molecule has 0 aromatic heterocycles. The van der Waals surface area contributed by atoms with E-state index < -0.39 is 0 Å². The lowest BCUT2D eigenvalue weighted by atomic mass is 10.2. The summed E-state index contributed by atoms with van der Waals surface area (Å²) in [6.45, 7) is 2.25. The van der Waals surface area contributed by atoms with Gasteiger partial charge in [-0.3, -0.25) is 0 Å². The predicted molar refractivity (Wildman–Crippen MR) is 90.0 cm³/mol. The zero-order valence-corrected chi connectivity index (χ0v) is 13.4. The third kappa shape index (κ3) is 17.5. The summed E-state index contributed by atoms with van der Waals surface area (Å²) >= 11 is 5.63. The molecule has 0 saturated heterocycles. The minimum atomic E-state index is 0.804. The Kier molecular flexibility index (Phi) is 17.1. The fourth-order valence-electron chi connectivity index (χ4n) is 1.82. The molecule has 0 aromatic carbocycles. The first-order chi connectivity index (χ1) is 9.41. The largest absolute Gasteiger partial charge is 0.127 e. The van der Waals surface area contributed by atoms with Gasteiger partial charge in [-0.2, -0.15) is 0 Å². The van der Waals surface area contributed by atoms with Crippen LogP contribution in [0.3, 0.4) is 0 Å². The number of hydrogen-bond donors (Lipinski definition) is 0. The van der Waals surface area contributed by atoms with E-state index in [2.05, 4.69) is 43.4 Å². The Labute approximate surface area is 125 Å². The van der Waals surface area contributed by atoms with Gasteiger partial charge in [0.2, 0.25) is 0 Å². The van der Waals surface area contributed by atoms with Crippen molar-refractivity contribution < 1.29 is 0 Å². The normalized spacial score (nSPS) is 12.3. The zero-order valence-electron chi connectivity index (χ0n) is 12.6. The van der Waals surface area contributed by atoms with Crippen LogP contribution in [0, 0.1) is 0 Å². The summed E-state index contributed by atoms with van der Waals surface area (Å²) in [4.78, 5) is 0. The molecule has 0 saturated carbocycles. The highest BCUT2D eigenvalue weighted by molar-refractivity contribution is 6.17. The Hall–Kier alpha value is -0.490. The van der Waals surface area contributed by atoms with E-state index in [-0.39, 0.29) is 0 Å².